The smallest absolute Gasteiger partial charge is 0.410 e. The lowest BCUT2D eigenvalue weighted by Gasteiger charge is -2.32. The molecule has 0 saturated carbocycles. The highest BCUT2D eigenvalue weighted by Crippen LogP contribution is 2.24. The van der Waals surface area contributed by atoms with Crippen molar-refractivity contribution in [2.75, 3.05) is 19.7 Å². The maximum absolute atomic E-state index is 12.2. The summed E-state index contributed by atoms with van der Waals surface area (Å²) in [5.41, 5.74) is 0.625. The lowest BCUT2D eigenvalue weighted by Crippen LogP contribution is -2.49. The van der Waals surface area contributed by atoms with Gasteiger partial charge in [0.05, 0.1) is 12.1 Å². The molecule has 0 aliphatic carbocycles. The number of nitrogens with one attached hydrogen (secondary N) is 1. The van der Waals surface area contributed by atoms with Gasteiger partial charge in [0.15, 0.2) is 0 Å². The standard InChI is InChI=1S/C16H22N2O3/c1-3-16(2,13-8-5-4-6-9-13)17-14(19)12-18-10-7-11-21-15(18)20/h4-6,8-9H,3,7,10-12H2,1-2H3,(H,17,19). The molecule has 1 aromatic carbocycles. The molecule has 0 radical (unpaired) electrons. The molecule has 1 atom stereocenters. The van der Waals surface area contributed by atoms with Crippen LogP contribution in [-0.2, 0) is 15.1 Å². The van der Waals surface area contributed by atoms with Gasteiger partial charge in [0, 0.05) is 6.54 Å². The maximum Gasteiger partial charge on any atom is 0.410 e. The minimum atomic E-state index is -0.433. The Labute approximate surface area is 125 Å². The minimum Gasteiger partial charge on any atom is -0.449 e. The molecule has 114 valence electrons. The molecule has 2 amide bonds. The van der Waals surface area contributed by atoms with E-state index in [-0.39, 0.29) is 12.5 Å². The number of nitrogens with zero attached hydrogens (tertiary/aromatic N) is 1. The Morgan fingerprint density at radius 2 is 2.10 bits per heavy atom. The first-order chi connectivity index (χ1) is 10.0. The van der Waals surface area contributed by atoms with Gasteiger partial charge in [0.1, 0.15) is 6.54 Å². The van der Waals surface area contributed by atoms with E-state index in [1.807, 2.05) is 44.2 Å². The van der Waals surface area contributed by atoms with Crippen LogP contribution in [0.15, 0.2) is 30.3 Å². The van der Waals surface area contributed by atoms with Gasteiger partial charge in [-0.25, -0.2) is 4.79 Å². The summed E-state index contributed by atoms with van der Waals surface area (Å²) in [5.74, 6) is -0.165. The Hall–Kier alpha value is -2.04. The van der Waals surface area contributed by atoms with Crippen LogP contribution in [-0.4, -0.2) is 36.6 Å². The second-order valence-electron chi connectivity index (χ2n) is 5.49. The van der Waals surface area contributed by atoms with Crippen molar-refractivity contribution in [2.45, 2.75) is 32.2 Å². The zero-order valence-corrected chi connectivity index (χ0v) is 12.6. The van der Waals surface area contributed by atoms with Gasteiger partial charge >= 0.3 is 6.09 Å². The third-order valence-electron chi connectivity index (χ3n) is 3.92. The van der Waals surface area contributed by atoms with Crippen LogP contribution in [0.5, 0.6) is 0 Å². The number of hydrogen-bond acceptors (Lipinski definition) is 3. The molecule has 0 bridgehead atoms. The van der Waals surface area contributed by atoms with Gasteiger partial charge in [-0.15, -0.1) is 0 Å². The zero-order valence-electron chi connectivity index (χ0n) is 12.6. The maximum atomic E-state index is 12.2. The van der Waals surface area contributed by atoms with Crippen LogP contribution < -0.4 is 5.32 Å². The SMILES string of the molecule is CCC(C)(NC(=O)CN1CCCOC1=O)c1ccccc1. The molecule has 1 unspecified atom stereocenters. The van der Waals surface area contributed by atoms with Crippen molar-refractivity contribution in [3.05, 3.63) is 35.9 Å². The average Bonchev–Trinajstić information content (AvgIpc) is 2.50. The summed E-state index contributed by atoms with van der Waals surface area (Å²) in [6.45, 7) is 5.08. The molecule has 5 heteroatoms. The van der Waals surface area contributed by atoms with Crippen LogP contribution in [0.2, 0.25) is 0 Å². The fraction of sp³-hybridized carbons (Fsp3) is 0.500. The Bertz CT molecular complexity index is 504. The van der Waals surface area contributed by atoms with Crippen molar-refractivity contribution in [1.82, 2.24) is 10.2 Å². The number of rotatable bonds is 5. The van der Waals surface area contributed by atoms with E-state index in [1.54, 1.807) is 0 Å². The van der Waals surface area contributed by atoms with E-state index in [0.717, 1.165) is 18.4 Å². The summed E-state index contributed by atoms with van der Waals surface area (Å²) >= 11 is 0. The largest absolute Gasteiger partial charge is 0.449 e. The van der Waals surface area contributed by atoms with Crippen LogP contribution in [0, 0.1) is 0 Å². The van der Waals surface area contributed by atoms with Gasteiger partial charge < -0.3 is 10.1 Å². The second kappa shape index (κ2) is 6.61. The molecular formula is C16H22N2O3. The van der Waals surface area contributed by atoms with Crippen LogP contribution in [0.3, 0.4) is 0 Å². The fourth-order valence-corrected chi connectivity index (χ4v) is 2.43. The van der Waals surface area contributed by atoms with Gasteiger partial charge in [-0.3, -0.25) is 9.69 Å². The van der Waals surface area contributed by atoms with E-state index < -0.39 is 11.6 Å². The Morgan fingerprint density at radius 3 is 2.71 bits per heavy atom. The summed E-state index contributed by atoms with van der Waals surface area (Å²) in [5, 5.41) is 3.04. The first kappa shape index (κ1) is 15.4. The molecule has 0 spiro atoms. The molecular weight excluding hydrogens is 268 g/mol. The van der Waals surface area contributed by atoms with Crippen LogP contribution in [0.4, 0.5) is 4.79 Å². The topological polar surface area (TPSA) is 58.6 Å². The lowest BCUT2D eigenvalue weighted by molar-refractivity contribution is -0.124. The van der Waals surface area contributed by atoms with Crippen LogP contribution >= 0.6 is 0 Å². The van der Waals surface area contributed by atoms with Crippen molar-refractivity contribution < 1.29 is 14.3 Å². The first-order valence-electron chi connectivity index (χ1n) is 7.33. The van der Waals surface area contributed by atoms with Gasteiger partial charge in [0.2, 0.25) is 5.91 Å². The predicted octanol–water partition coefficient (Wildman–Crippen LogP) is 2.27. The Balaban J connectivity index is 2.01. The Morgan fingerprint density at radius 1 is 1.38 bits per heavy atom. The second-order valence-corrected chi connectivity index (χ2v) is 5.49. The molecule has 1 aliphatic rings. The third kappa shape index (κ3) is 3.74. The molecule has 1 aromatic rings. The number of amides is 2. The number of cyclic esters (lactones) is 1. The normalized spacial score (nSPS) is 17.8. The third-order valence-corrected chi connectivity index (χ3v) is 3.92. The summed E-state index contributed by atoms with van der Waals surface area (Å²) in [4.78, 5) is 25.2. The van der Waals surface area contributed by atoms with Crippen molar-refractivity contribution in [3.8, 4) is 0 Å². The van der Waals surface area contributed by atoms with Crippen molar-refractivity contribution in [1.29, 1.82) is 0 Å². The van der Waals surface area contributed by atoms with Gasteiger partial charge in [0.25, 0.3) is 0 Å². The van der Waals surface area contributed by atoms with Crippen LogP contribution in [0.1, 0.15) is 32.3 Å². The van der Waals surface area contributed by atoms with E-state index in [0.29, 0.717) is 13.2 Å². The Kier molecular flexibility index (Phi) is 4.83. The monoisotopic (exact) mass is 290 g/mol. The van der Waals surface area contributed by atoms with E-state index in [4.69, 9.17) is 4.74 Å². The number of hydrogen-bond donors (Lipinski definition) is 1. The minimum absolute atomic E-state index is 0.0429. The first-order valence-corrected chi connectivity index (χ1v) is 7.33. The number of ether oxygens (including phenoxy) is 1. The van der Waals surface area contributed by atoms with Crippen LogP contribution in [0.25, 0.3) is 0 Å². The van der Waals surface area contributed by atoms with Gasteiger partial charge in [-0.1, -0.05) is 37.3 Å². The summed E-state index contributed by atoms with van der Waals surface area (Å²) in [6, 6.07) is 9.86. The molecule has 5 nitrogen and oxygen atoms in total. The number of benzene rings is 1. The van der Waals surface area contributed by atoms with Crippen molar-refractivity contribution in [3.63, 3.8) is 0 Å². The number of carbonyl (C=O) groups excluding carboxylic acids is 2. The lowest BCUT2D eigenvalue weighted by atomic mass is 9.89. The highest BCUT2D eigenvalue weighted by Gasteiger charge is 2.28. The predicted molar refractivity (Wildman–Crippen MR) is 79.8 cm³/mol. The summed E-state index contributed by atoms with van der Waals surface area (Å²) in [6.07, 6.45) is 1.13. The van der Waals surface area contributed by atoms with E-state index >= 15 is 0 Å². The quantitative estimate of drug-likeness (QED) is 0.905. The molecule has 1 fully saturated rings. The molecule has 1 heterocycles. The van der Waals surface area contributed by atoms with Crippen molar-refractivity contribution in [2.24, 2.45) is 0 Å². The van der Waals surface area contributed by atoms with Gasteiger partial charge in [-0.05, 0) is 25.3 Å². The van der Waals surface area contributed by atoms with Gasteiger partial charge in [-0.2, -0.15) is 0 Å². The van der Waals surface area contributed by atoms with E-state index in [2.05, 4.69) is 5.32 Å². The molecule has 2 rings (SSSR count). The van der Waals surface area contributed by atoms with Crippen molar-refractivity contribution >= 4 is 12.0 Å². The molecule has 1 N–H and O–H groups in total. The summed E-state index contributed by atoms with van der Waals surface area (Å²) in [7, 11) is 0. The summed E-state index contributed by atoms with van der Waals surface area (Å²) < 4.78 is 4.94. The highest BCUT2D eigenvalue weighted by atomic mass is 16.6. The zero-order chi connectivity index (χ0) is 15.3. The average molecular weight is 290 g/mol. The molecule has 21 heavy (non-hydrogen) atoms. The number of carbonyl (C=O) groups is 2. The van der Waals surface area contributed by atoms with E-state index in [1.165, 1.54) is 4.90 Å². The fourth-order valence-electron chi connectivity index (χ4n) is 2.43. The molecule has 1 aliphatic heterocycles. The van der Waals surface area contributed by atoms with E-state index in [9.17, 15) is 9.59 Å². The highest BCUT2D eigenvalue weighted by molar-refractivity contribution is 5.83. The molecule has 1 saturated heterocycles. The molecule has 0 aromatic heterocycles.